The molecule has 2 heterocycles. The molecule has 0 aromatic rings. The Labute approximate surface area is 138 Å². The number of amides is 2. The second kappa shape index (κ2) is 8.13. The minimum absolute atomic E-state index is 0. The van der Waals surface area contributed by atoms with E-state index in [9.17, 15) is 9.59 Å². The van der Waals surface area contributed by atoms with Crippen LogP contribution in [0.3, 0.4) is 0 Å². The monoisotopic (exact) mass is 330 g/mol. The van der Waals surface area contributed by atoms with Gasteiger partial charge in [-0.25, -0.2) is 0 Å². The highest BCUT2D eigenvalue weighted by molar-refractivity contribution is 5.85. The van der Waals surface area contributed by atoms with Crippen LogP contribution in [0.2, 0.25) is 0 Å². The predicted molar refractivity (Wildman–Crippen MR) is 87.1 cm³/mol. The normalized spacial score (nSPS) is 23.6. The first-order chi connectivity index (χ1) is 10.2. The second-order valence-electron chi connectivity index (χ2n) is 6.36. The second-order valence-corrected chi connectivity index (χ2v) is 6.36. The maximum absolute atomic E-state index is 12.4. The summed E-state index contributed by atoms with van der Waals surface area (Å²) in [5.74, 6) is 0.813. The van der Waals surface area contributed by atoms with Gasteiger partial charge in [0.25, 0.3) is 0 Å². The van der Waals surface area contributed by atoms with Gasteiger partial charge in [0.15, 0.2) is 0 Å². The third kappa shape index (κ3) is 4.57. The number of nitrogens with zero attached hydrogens (tertiary/aromatic N) is 3. The van der Waals surface area contributed by atoms with Crippen molar-refractivity contribution in [2.75, 3.05) is 58.9 Å². The molecule has 0 atom stereocenters. The van der Waals surface area contributed by atoms with Crippen LogP contribution >= 0.6 is 12.4 Å². The van der Waals surface area contributed by atoms with Gasteiger partial charge in [0.05, 0.1) is 6.54 Å². The Kier molecular flexibility index (Phi) is 6.47. The van der Waals surface area contributed by atoms with Gasteiger partial charge in [-0.05, 0) is 32.4 Å². The van der Waals surface area contributed by atoms with Crippen LogP contribution in [0.4, 0.5) is 0 Å². The predicted octanol–water partition coefficient (Wildman–Crippen LogP) is -0.216. The maximum Gasteiger partial charge on any atom is 0.236 e. The number of carbonyl (C=O) groups excluding carboxylic acids is 2. The number of nitrogens with one attached hydrogen (secondary N) is 1. The van der Waals surface area contributed by atoms with E-state index in [-0.39, 0.29) is 24.2 Å². The standard InChI is InChI=1S/C15H26N4O2.ClH/c20-14(12-17-6-1-4-16-5-7-17)18-8-10-19(11-9-18)15(21)13-2-3-13;/h13,16H,1-12H2;1H. The number of hydrogen-bond donors (Lipinski definition) is 1. The van der Waals surface area contributed by atoms with Crippen molar-refractivity contribution in [2.45, 2.75) is 19.3 Å². The molecule has 0 spiro atoms. The smallest absolute Gasteiger partial charge is 0.236 e. The van der Waals surface area contributed by atoms with Gasteiger partial charge in [0, 0.05) is 45.2 Å². The molecule has 2 amide bonds. The number of halogens is 1. The van der Waals surface area contributed by atoms with Crippen molar-refractivity contribution in [2.24, 2.45) is 5.92 Å². The van der Waals surface area contributed by atoms with Crippen LogP contribution in [-0.2, 0) is 9.59 Å². The molecule has 7 heteroatoms. The van der Waals surface area contributed by atoms with Gasteiger partial charge in [-0.3, -0.25) is 14.5 Å². The van der Waals surface area contributed by atoms with E-state index in [1.807, 2.05) is 9.80 Å². The summed E-state index contributed by atoms with van der Waals surface area (Å²) in [4.78, 5) is 30.5. The Morgan fingerprint density at radius 3 is 2.27 bits per heavy atom. The molecule has 0 bridgehead atoms. The van der Waals surface area contributed by atoms with Crippen LogP contribution in [-0.4, -0.2) is 85.4 Å². The lowest BCUT2D eigenvalue weighted by molar-refractivity contribution is -0.140. The average Bonchev–Trinajstić information content (AvgIpc) is 3.34. The van der Waals surface area contributed by atoms with Gasteiger partial charge < -0.3 is 15.1 Å². The van der Waals surface area contributed by atoms with Crippen molar-refractivity contribution < 1.29 is 9.59 Å². The van der Waals surface area contributed by atoms with E-state index in [0.717, 1.165) is 45.4 Å². The molecule has 0 aromatic carbocycles. The fraction of sp³-hybridized carbons (Fsp3) is 0.867. The van der Waals surface area contributed by atoms with Crippen molar-refractivity contribution >= 4 is 24.2 Å². The molecule has 3 fully saturated rings. The summed E-state index contributed by atoms with van der Waals surface area (Å²) in [6, 6.07) is 0. The lowest BCUT2D eigenvalue weighted by Gasteiger charge is -2.35. The molecule has 1 N–H and O–H groups in total. The number of piperazine rings is 1. The van der Waals surface area contributed by atoms with Crippen LogP contribution in [0.1, 0.15) is 19.3 Å². The molecule has 3 rings (SSSR count). The summed E-state index contributed by atoms with van der Waals surface area (Å²) in [6.45, 7) is 7.31. The van der Waals surface area contributed by atoms with Crippen molar-refractivity contribution in [1.82, 2.24) is 20.0 Å². The van der Waals surface area contributed by atoms with E-state index in [0.29, 0.717) is 38.6 Å². The van der Waals surface area contributed by atoms with Gasteiger partial charge in [-0.2, -0.15) is 0 Å². The third-order valence-electron chi connectivity index (χ3n) is 4.66. The first-order valence-electron chi connectivity index (χ1n) is 8.23. The lowest BCUT2D eigenvalue weighted by Crippen LogP contribution is -2.53. The van der Waals surface area contributed by atoms with Crippen LogP contribution in [0.25, 0.3) is 0 Å². The summed E-state index contributed by atoms with van der Waals surface area (Å²) in [6.07, 6.45) is 3.22. The lowest BCUT2D eigenvalue weighted by atomic mass is 10.2. The van der Waals surface area contributed by atoms with E-state index in [2.05, 4.69) is 10.2 Å². The molecule has 2 aliphatic heterocycles. The zero-order valence-electron chi connectivity index (χ0n) is 13.1. The van der Waals surface area contributed by atoms with Gasteiger partial charge in [-0.1, -0.05) is 0 Å². The average molecular weight is 331 g/mol. The van der Waals surface area contributed by atoms with Crippen molar-refractivity contribution in [3.8, 4) is 0 Å². The summed E-state index contributed by atoms with van der Waals surface area (Å²) >= 11 is 0. The highest BCUT2D eigenvalue weighted by Gasteiger charge is 2.35. The quantitative estimate of drug-likeness (QED) is 0.777. The zero-order chi connectivity index (χ0) is 14.7. The number of hydrogen-bond acceptors (Lipinski definition) is 4. The summed E-state index contributed by atoms with van der Waals surface area (Å²) < 4.78 is 0. The molecule has 6 nitrogen and oxygen atoms in total. The van der Waals surface area contributed by atoms with Crippen molar-refractivity contribution in [3.05, 3.63) is 0 Å². The molecule has 0 unspecified atom stereocenters. The van der Waals surface area contributed by atoms with Crippen LogP contribution in [0.5, 0.6) is 0 Å². The van der Waals surface area contributed by atoms with Gasteiger partial charge >= 0.3 is 0 Å². The Morgan fingerprint density at radius 2 is 1.59 bits per heavy atom. The summed E-state index contributed by atoms with van der Waals surface area (Å²) in [5.41, 5.74) is 0. The van der Waals surface area contributed by atoms with Crippen LogP contribution in [0.15, 0.2) is 0 Å². The van der Waals surface area contributed by atoms with Crippen molar-refractivity contribution in [1.29, 1.82) is 0 Å². The third-order valence-corrected chi connectivity index (χ3v) is 4.66. The topological polar surface area (TPSA) is 55.9 Å². The molecule has 2 saturated heterocycles. The highest BCUT2D eigenvalue weighted by Crippen LogP contribution is 2.31. The van der Waals surface area contributed by atoms with Gasteiger partial charge in [0.2, 0.25) is 11.8 Å². The van der Waals surface area contributed by atoms with Gasteiger partial charge in [0.1, 0.15) is 0 Å². The SMILES string of the molecule is Cl.O=C(CN1CCCNCC1)N1CCN(C(=O)C2CC2)CC1. The summed E-state index contributed by atoms with van der Waals surface area (Å²) in [7, 11) is 0. The molecule has 126 valence electrons. The van der Waals surface area contributed by atoms with Crippen molar-refractivity contribution in [3.63, 3.8) is 0 Å². The minimum Gasteiger partial charge on any atom is -0.339 e. The van der Waals surface area contributed by atoms with E-state index in [1.165, 1.54) is 0 Å². The van der Waals surface area contributed by atoms with Crippen LogP contribution in [0, 0.1) is 5.92 Å². The molecule has 1 saturated carbocycles. The summed E-state index contributed by atoms with van der Waals surface area (Å²) in [5, 5.41) is 3.35. The number of rotatable bonds is 3. The van der Waals surface area contributed by atoms with E-state index in [4.69, 9.17) is 0 Å². The highest BCUT2D eigenvalue weighted by atomic mass is 35.5. The molecule has 0 aromatic heterocycles. The van der Waals surface area contributed by atoms with E-state index in [1.54, 1.807) is 0 Å². The largest absolute Gasteiger partial charge is 0.339 e. The maximum atomic E-state index is 12.4. The molecule has 0 radical (unpaired) electrons. The Morgan fingerprint density at radius 1 is 0.909 bits per heavy atom. The first kappa shape index (κ1) is 17.5. The Balaban J connectivity index is 0.00000176. The zero-order valence-corrected chi connectivity index (χ0v) is 13.9. The Hall–Kier alpha value is -0.850. The molecule has 1 aliphatic carbocycles. The van der Waals surface area contributed by atoms with E-state index >= 15 is 0 Å². The minimum atomic E-state index is 0. The fourth-order valence-electron chi connectivity index (χ4n) is 3.12. The molecular formula is C15H27ClN4O2. The fourth-order valence-corrected chi connectivity index (χ4v) is 3.12. The molecule has 3 aliphatic rings. The van der Waals surface area contributed by atoms with E-state index < -0.39 is 0 Å². The first-order valence-corrected chi connectivity index (χ1v) is 8.23. The Bertz CT molecular complexity index is 387. The molecular weight excluding hydrogens is 304 g/mol. The van der Waals surface area contributed by atoms with Crippen LogP contribution < -0.4 is 5.32 Å². The van der Waals surface area contributed by atoms with Gasteiger partial charge in [-0.15, -0.1) is 12.4 Å². The molecule has 22 heavy (non-hydrogen) atoms. The number of carbonyl (C=O) groups is 2.